The summed E-state index contributed by atoms with van der Waals surface area (Å²) in [6, 6.07) is 13.3. The quantitative estimate of drug-likeness (QED) is 0.689. The maximum Gasteiger partial charge on any atom is 0.134 e. The minimum absolute atomic E-state index is 0.283. The SMILES string of the molecule is Cc1c(C(N)c2ccc(Br)cc2)oc2ccc(Cl)cc12. The van der Waals surface area contributed by atoms with Gasteiger partial charge in [-0.25, -0.2) is 0 Å². The molecule has 1 aromatic heterocycles. The van der Waals surface area contributed by atoms with Crippen LogP contribution in [0.1, 0.15) is 22.9 Å². The first-order valence-electron chi connectivity index (χ1n) is 6.26. The molecule has 0 fully saturated rings. The van der Waals surface area contributed by atoms with Crippen molar-refractivity contribution < 1.29 is 4.42 Å². The summed E-state index contributed by atoms with van der Waals surface area (Å²) in [5, 5.41) is 1.71. The van der Waals surface area contributed by atoms with Gasteiger partial charge in [0.25, 0.3) is 0 Å². The van der Waals surface area contributed by atoms with Crippen LogP contribution in [0, 0.1) is 6.92 Å². The van der Waals surface area contributed by atoms with Gasteiger partial charge in [-0.1, -0.05) is 39.7 Å². The van der Waals surface area contributed by atoms with Gasteiger partial charge in [0, 0.05) is 20.4 Å². The topological polar surface area (TPSA) is 39.2 Å². The number of hydrogen-bond donors (Lipinski definition) is 1. The molecule has 4 heteroatoms. The third-order valence-electron chi connectivity index (χ3n) is 3.45. The third kappa shape index (κ3) is 2.37. The molecule has 3 rings (SSSR count). The van der Waals surface area contributed by atoms with Crippen LogP contribution in [0.3, 0.4) is 0 Å². The Hall–Kier alpha value is -1.29. The summed E-state index contributed by atoms with van der Waals surface area (Å²) in [5.74, 6) is 0.782. The van der Waals surface area contributed by atoms with Crippen molar-refractivity contribution in [3.8, 4) is 0 Å². The fraction of sp³-hybridized carbons (Fsp3) is 0.125. The fourth-order valence-electron chi connectivity index (χ4n) is 2.33. The van der Waals surface area contributed by atoms with Crippen LogP contribution in [-0.2, 0) is 0 Å². The molecule has 0 saturated heterocycles. The Labute approximate surface area is 130 Å². The minimum atomic E-state index is -0.283. The fourth-order valence-corrected chi connectivity index (χ4v) is 2.77. The highest BCUT2D eigenvalue weighted by atomic mass is 79.9. The molecule has 0 aliphatic carbocycles. The van der Waals surface area contributed by atoms with Gasteiger partial charge in [-0.3, -0.25) is 0 Å². The Bertz CT molecular complexity index is 764. The summed E-state index contributed by atoms with van der Waals surface area (Å²) >= 11 is 9.46. The van der Waals surface area contributed by atoms with Gasteiger partial charge in [-0.15, -0.1) is 0 Å². The third-order valence-corrected chi connectivity index (χ3v) is 4.21. The highest BCUT2D eigenvalue weighted by Gasteiger charge is 2.18. The second-order valence-corrected chi connectivity index (χ2v) is 6.11. The zero-order chi connectivity index (χ0) is 14.3. The van der Waals surface area contributed by atoms with E-state index < -0.39 is 0 Å². The van der Waals surface area contributed by atoms with Crippen LogP contribution in [0.15, 0.2) is 51.4 Å². The zero-order valence-corrected chi connectivity index (χ0v) is 13.2. The van der Waals surface area contributed by atoms with Gasteiger partial charge >= 0.3 is 0 Å². The molecule has 2 N–H and O–H groups in total. The number of aryl methyl sites for hydroxylation is 1. The van der Waals surface area contributed by atoms with Crippen molar-refractivity contribution in [2.75, 3.05) is 0 Å². The number of nitrogens with two attached hydrogens (primary N) is 1. The number of halogens is 2. The molecule has 3 aromatic rings. The number of fused-ring (bicyclic) bond motifs is 1. The highest BCUT2D eigenvalue weighted by molar-refractivity contribution is 9.10. The summed E-state index contributed by atoms with van der Waals surface area (Å²) < 4.78 is 6.93. The van der Waals surface area contributed by atoms with Crippen molar-refractivity contribution in [2.45, 2.75) is 13.0 Å². The first-order valence-corrected chi connectivity index (χ1v) is 7.43. The Balaban J connectivity index is 2.09. The second kappa shape index (κ2) is 5.24. The van der Waals surface area contributed by atoms with Gasteiger partial charge < -0.3 is 10.2 Å². The van der Waals surface area contributed by atoms with Crippen LogP contribution in [-0.4, -0.2) is 0 Å². The summed E-state index contributed by atoms with van der Waals surface area (Å²) in [5.41, 5.74) is 9.20. The van der Waals surface area contributed by atoms with Crippen molar-refractivity contribution in [2.24, 2.45) is 5.73 Å². The normalized spacial score (nSPS) is 12.8. The predicted octanol–water partition coefficient (Wildman–Crippen LogP) is 5.21. The van der Waals surface area contributed by atoms with Gasteiger partial charge in [0.15, 0.2) is 0 Å². The van der Waals surface area contributed by atoms with Gasteiger partial charge in [-0.2, -0.15) is 0 Å². The molecule has 0 aliphatic rings. The molecule has 0 saturated carbocycles. The van der Waals surface area contributed by atoms with Gasteiger partial charge in [0.1, 0.15) is 11.3 Å². The van der Waals surface area contributed by atoms with Crippen LogP contribution in [0.4, 0.5) is 0 Å². The average Bonchev–Trinajstić information content (AvgIpc) is 2.76. The van der Waals surface area contributed by atoms with Crippen molar-refractivity contribution in [1.29, 1.82) is 0 Å². The van der Waals surface area contributed by atoms with Crippen molar-refractivity contribution in [1.82, 2.24) is 0 Å². The maximum atomic E-state index is 6.33. The molecule has 102 valence electrons. The van der Waals surface area contributed by atoms with E-state index in [4.69, 9.17) is 21.8 Å². The maximum absolute atomic E-state index is 6.33. The van der Waals surface area contributed by atoms with Gasteiger partial charge in [0.05, 0.1) is 6.04 Å². The van der Waals surface area contributed by atoms with E-state index in [1.807, 2.05) is 49.4 Å². The molecule has 2 nitrogen and oxygen atoms in total. The lowest BCUT2D eigenvalue weighted by atomic mass is 10.0. The monoisotopic (exact) mass is 349 g/mol. The van der Waals surface area contributed by atoms with Crippen LogP contribution in [0.5, 0.6) is 0 Å². The van der Waals surface area contributed by atoms with Crippen molar-refractivity contribution >= 4 is 38.5 Å². The Morgan fingerprint density at radius 1 is 1.15 bits per heavy atom. The zero-order valence-electron chi connectivity index (χ0n) is 10.9. The van der Waals surface area contributed by atoms with E-state index in [0.717, 1.165) is 32.3 Å². The lowest BCUT2D eigenvalue weighted by molar-refractivity contribution is 0.521. The summed E-state index contributed by atoms with van der Waals surface area (Å²) in [6.07, 6.45) is 0. The molecule has 0 amide bonds. The molecule has 0 aliphatic heterocycles. The van der Waals surface area contributed by atoms with E-state index in [1.165, 1.54) is 0 Å². The lowest BCUT2D eigenvalue weighted by Gasteiger charge is -2.10. The minimum Gasteiger partial charge on any atom is -0.459 e. The average molecular weight is 351 g/mol. The standard InChI is InChI=1S/C16H13BrClNO/c1-9-13-8-12(18)6-7-14(13)20-16(9)15(19)10-2-4-11(17)5-3-10/h2-8,15H,19H2,1H3. The molecular formula is C16H13BrClNO. The Morgan fingerprint density at radius 2 is 1.85 bits per heavy atom. The Morgan fingerprint density at radius 3 is 2.55 bits per heavy atom. The predicted molar refractivity (Wildman–Crippen MR) is 86.1 cm³/mol. The molecule has 0 radical (unpaired) electrons. The Kier molecular flexibility index (Phi) is 3.59. The van der Waals surface area contributed by atoms with E-state index in [0.29, 0.717) is 5.02 Å². The first kappa shape index (κ1) is 13.7. The second-order valence-electron chi connectivity index (χ2n) is 4.76. The molecule has 20 heavy (non-hydrogen) atoms. The van der Waals surface area contributed by atoms with Gasteiger partial charge in [-0.05, 0) is 42.8 Å². The molecule has 1 atom stereocenters. The summed E-state index contributed by atoms with van der Waals surface area (Å²) in [7, 11) is 0. The van der Waals surface area contributed by atoms with E-state index in [1.54, 1.807) is 0 Å². The van der Waals surface area contributed by atoms with Crippen LogP contribution < -0.4 is 5.73 Å². The molecule has 2 aromatic carbocycles. The largest absolute Gasteiger partial charge is 0.459 e. The highest BCUT2D eigenvalue weighted by Crippen LogP contribution is 2.33. The lowest BCUT2D eigenvalue weighted by Crippen LogP contribution is -2.11. The van der Waals surface area contributed by atoms with E-state index in [-0.39, 0.29) is 6.04 Å². The van der Waals surface area contributed by atoms with Crippen LogP contribution >= 0.6 is 27.5 Å². The van der Waals surface area contributed by atoms with Crippen LogP contribution in [0.2, 0.25) is 5.02 Å². The first-order chi connectivity index (χ1) is 9.56. The van der Waals surface area contributed by atoms with E-state index in [9.17, 15) is 0 Å². The van der Waals surface area contributed by atoms with E-state index >= 15 is 0 Å². The number of hydrogen-bond acceptors (Lipinski definition) is 2. The van der Waals surface area contributed by atoms with Gasteiger partial charge in [0.2, 0.25) is 0 Å². The summed E-state index contributed by atoms with van der Waals surface area (Å²) in [6.45, 7) is 2.01. The van der Waals surface area contributed by atoms with Crippen molar-refractivity contribution in [3.05, 3.63) is 68.8 Å². The molecule has 0 spiro atoms. The van der Waals surface area contributed by atoms with E-state index in [2.05, 4.69) is 15.9 Å². The van der Waals surface area contributed by atoms with Crippen LogP contribution in [0.25, 0.3) is 11.0 Å². The molecule has 0 bridgehead atoms. The smallest absolute Gasteiger partial charge is 0.134 e. The number of furan rings is 1. The number of rotatable bonds is 2. The molecule has 1 heterocycles. The number of benzene rings is 2. The van der Waals surface area contributed by atoms with Crippen molar-refractivity contribution in [3.63, 3.8) is 0 Å². The molecule has 1 unspecified atom stereocenters. The molecular weight excluding hydrogens is 338 g/mol. The summed E-state index contributed by atoms with van der Waals surface area (Å²) in [4.78, 5) is 0.